The van der Waals surface area contributed by atoms with Crippen molar-refractivity contribution in [1.82, 2.24) is 4.90 Å². The van der Waals surface area contributed by atoms with Crippen LogP contribution < -0.4 is 0 Å². The third kappa shape index (κ3) is 4.71. The zero-order valence-electron chi connectivity index (χ0n) is 18.8. The molecule has 1 aliphatic heterocycles. The molecule has 0 aliphatic carbocycles. The average molecular weight is 458 g/mol. The number of carbonyl (C=O) groups excluding carboxylic acids is 1. The van der Waals surface area contributed by atoms with E-state index in [0.29, 0.717) is 11.4 Å². The molecule has 0 bridgehead atoms. The highest BCUT2D eigenvalue weighted by Crippen LogP contribution is 2.53. The molecule has 2 nitrogen and oxygen atoms in total. The fourth-order valence-electron chi connectivity index (χ4n) is 5.27. The number of carbonyl (C=O) groups is 1. The smallest absolute Gasteiger partial charge is 0.229 e. The number of benzene rings is 2. The van der Waals surface area contributed by atoms with E-state index in [4.69, 9.17) is 23.2 Å². The molecule has 4 heteroatoms. The number of amides is 1. The Balaban J connectivity index is 2.24. The predicted molar refractivity (Wildman–Crippen MR) is 132 cm³/mol. The van der Waals surface area contributed by atoms with Gasteiger partial charge in [-0.25, -0.2) is 0 Å². The van der Waals surface area contributed by atoms with E-state index in [-0.39, 0.29) is 23.9 Å². The van der Waals surface area contributed by atoms with Crippen LogP contribution in [0.1, 0.15) is 76.0 Å². The van der Waals surface area contributed by atoms with Gasteiger partial charge in [0.05, 0.1) is 11.5 Å². The van der Waals surface area contributed by atoms with Gasteiger partial charge in [-0.2, -0.15) is 0 Å². The van der Waals surface area contributed by atoms with E-state index in [1.165, 1.54) is 5.56 Å². The van der Waals surface area contributed by atoms with Crippen LogP contribution in [-0.2, 0) is 4.79 Å². The van der Waals surface area contributed by atoms with Gasteiger partial charge >= 0.3 is 0 Å². The van der Waals surface area contributed by atoms with Crippen molar-refractivity contribution >= 4 is 29.1 Å². The Morgan fingerprint density at radius 2 is 1.74 bits per heavy atom. The second-order valence-electron chi connectivity index (χ2n) is 8.67. The van der Waals surface area contributed by atoms with Gasteiger partial charge in [-0.05, 0) is 67.5 Å². The summed E-state index contributed by atoms with van der Waals surface area (Å²) in [5, 5.41) is 1.43. The third-order valence-corrected chi connectivity index (χ3v) is 7.50. The van der Waals surface area contributed by atoms with Crippen molar-refractivity contribution in [3.05, 3.63) is 82.4 Å². The molecule has 3 atom stereocenters. The normalized spacial score (nSPS) is 23.9. The van der Waals surface area contributed by atoms with Crippen LogP contribution in [0.15, 0.2) is 61.2 Å². The Morgan fingerprint density at radius 1 is 1.06 bits per heavy atom. The van der Waals surface area contributed by atoms with Crippen molar-refractivity contribution in [2.45, 2.75) is 70.9 Å². The van der Waals surface area contributed by atoms with Crippen molar-refractivity contribution in [2.75, 3.05) is 0 Å². The summed E-state index contributed by atoms with van der Waals surface area (Å²) in [5.74, 6) is 0.389. The van der Waals surface area contributed by atoms with Gasteiger partial charge in [0.1, 0.15) is 0 Å². The van der Waals surface area contributed by atoms with Crippen LogP contribution in [0.4, 0.5) is 0 Å². The lowest BCUT2D eigenvalue weighted by molar-refractivity contribution is -0.156. The van der Waals surface area contributed by atoms with Crippen molar-refractivity contribution in [3.8, 4) is 0 Å². The molecule has 31 heavy (non-hydrogen) atoms. The molecule has 2 unspecified atom stereocenters. The number of rotatable bonds is 8. The minimum Gasteiger partial charge on any atom is -0.332 e. The summed E-state index contributed by atoms with van der Waals surface area (Å²) in [6.45, 7) is 10.5. The lowest BCUT2D eigenvalue weighted by Crippen LogP contribution is -2.56. The minimum atomic E-state index is -0.444. The van der Waals surface area contributed by atoms with E-state index in [1.807, 2.05) is 30.3 Å². The number of hydrogen-bond donors (Lipinski definition) is 0. The largest absolute Gasteiger partial charge is 0.332 e. The molecule has 1 fully saturated rings. The summed E-state index contributed by atoms with van der Waals surface area (Å²) >= 11 is 12.6. The first-order valence-corrected chi connectivity index (χ1v) is 12.1. The highest BCUT2D eigenvalue weighted by atomic mass is 35.5. The highest BCUT2D eigenvalue weighted by Gasteiger charge is 2.51. The summed E-state index contributed by atoms with van der Waals surface area (Å²) < 4.78 is 0. The molecule has 1 aliphatic rings. The summed E-state index contributed by atoms with van der Waals surface area (Å²) in [5.41, 5.74) is 1.86. The first-order chi connectivity index (χ1) is 14.9. The van der Waals surface area contributed by atoms with Crippen LogP contribution in [0.5, 0.6) is 0 Å². The van der Waals surface area contributed by atoms with Gasteiger partial charge < -0.3 is 4.90 Å². The molecule has 166 valence electrons. The molecule has 2 aromatic carbocycles. The van der Waals surface area contributed by atoms with Gasteiger partial charge in [-0.15, -0.1) is 6.58 Å². The molecule has 1 heterocycles. The molecule has 3 rings (SSSR count). The summed E-state index contributed by atoms with van der Waals surface area (Å²) in [6, 6.07) is 16.2. The van der Waals surface area contributed by atoms with E-state index in [1.54, 1.807) is 0 Å². The second kappa shape index (κ2) is 10.2. The fraction of sp³-hybridized carbons (Fsp3) is 0.444. The SMILES string of the molecule is C=CCC1(CC)CC(c2cccc(Cl)c2)[C@@H](c2ccc(Cl)cc2)N(C(CC)CC)C1=O. The van der Waals surface area contributed by atoms with Crippen LogP contribution in [0, 0.1) is 5.41 Å². The lowest BCUT2D eigenvalue weighted by atomic mass is 9.65. The number of piperidine rings is 1. The first-order valence-electron chi connectivity index (χ1n) is 11.3. The van der Waals surface area contributed by atoms with Gasteiger partial charge in [0.2, 0.25) is 5.91 Å². The molecule has 2 aromatic rings. The Kier molecular flexibility index (Phi) is 7.88. The van der Waals surface area contributed by atoms with E-state index in [2.05, 4.69) is 56.5 Å². The van der Waals surface area contributed by atoms with Crippen LogP contribution in [-0.4, -0.2) is 16.8 Å². The topological polar surface area (TPSA) is 20.3 Å². The quantitative estimate of drug-likeness (QED) is 0.365. The van der Waals surface area contributed by atoms with Crippen LogP contribution in [0.3, 0.4) is 0 Å². The number of nitrogens with zero attached hydrogens (tertiary/aromatic N) is 1. The Bertz CT molecular complexity index is 906. The van der Waals surface area contributed by atoms with Crippen molar-refractivity contribution in [1.29, 1.82) is 0 Å². The number of hydrogen-bond acceptors (Lipinski definition) is 1. The first kappa shape index (κ1) is 23.9. The summed E-state index contributed by atoms with van der Waals surface area (Å²) in [6.07, 6.45) is 6.00. The molecule has 0 aromatic heterocycles. The van der Waals surface area contributed by atoms with Crippen LogP contribution in [0.2, 0.25) is 10.0 Å². The van der Waals surface area contributed by atoms with Crippen molar-refractivity contribution in [2.24, 2.45) is 5.41 Å². The average Bonchev–Trinajstić information content (AvgIpc) is 2.77. The summed E-state index contributed by atoms with van der Waals surface area (Å²) in [7, 11) is 0. The highest BCUT2D eigenvalue weighted by molar-refractivity contribution is 6.30. The minimum absolute atomic E-state index is 0.0578. The number of likely N-dealkylation sites (tertiary alicyclic amines) is 1. The monoisotopic (exact) mass is 457 g/mol. The number of allylic oxidation sites excluding steroid dienone is 1. The summed E-state index contributed by atoms with van der Waals surface area (Å²) in [4.78, 5) is 16.3. The van der Waals surface area contributed by atoms with Crippen molar-refractivity contribution in [3.63, 3.8) is 0 Å². The maximum absolute atomic E-state index is 14.1. The van der Waals surface area contributed by atoms with Crippen molar-refractivity contribution < 1.29 is 4.79 Å². The third-order valence-electron chi connectivity index (χ3n) is 7.02. The molecule has 0 saturated carbocycles. The van der Waals surface area contributed by atoms with E-state index >= 15 is 0 Å². The maximum atomic E-state index is 14.1. The van der Waals surface area contributed by atoms with Gasteiger partial charge in [-0.1, -0.05) is 74.3 Å². The zero-order chi connectivity index (χ0) is 22.6. The van der Waals surface area contributed by atoms with Gasteiger partial charge in [0, 0.05) is 22.0 Å². The van der Waals surface area contributed by atoms with Gasteiger partial charge in [-0.3, -0.25) is 4.79 Å². The van der Waals surface area contributed by atoms with E-state index < -0.39 is 5.41 Å². The molecule has 0 N–H and O–H groups in total. The van der Waals surface area contributed by atoms with Crippen LogP contribution in [0.25, 0.3) is 0 Å². The fourth-order valence-corrected chi connectivity index (χ4v) is 5.59. The Hall–Kier alpha value is -1.77. The molecule has 0 radical (unpaired) electrons. The molecule has 0 spiro atoms. The van der Waals surface area contributed by atoms with E-state index in [0.717, 1.165) is 36.3 Å². The number of halogens is 2. The van der Waals surface area contributed by atoms with Crippen LogP contribution >= 0.6 is 23.2 Å². The molecular weight excluding hydrogens is 425 g/mol. The van der Waals surface area contributed by atoms with E-state index in [9.17, 15) is 4.79 Å². The second-order valence-corrected chi connectivity index (χ2v) is 9.54. The van der Waals surface area contributed by atoms with Gasteiger partial charge in [0.15, 0.2) is 0 Å². The standard InChI is InChI=1S/C27H33Cl2NO/c1-5-16-27(8-4)18-24(20-10-9-11-22(29)17-20)25(19-12-14-21(28)15-13-19)30(26(27)31)23(6-2)7-3/h5,9-15,17,23-25H,1,6-8,16,18H2,2-4H3/t24?,25-,27?/m1/s1. The zero-order valence-corrected chi connectivity index (χ0v) is 20.3. The predicted octanol–water partition coefficient (Wildman–Crippen LogP) is 8.21. The Labute approximate surface area is 197 Å². The molecular formula is C27H33Cl2NO. The maximum Gasteiger partial charge on any atom is 0.229 e. The molecule has 1 amide bonds. The molecule has 1 saturated heterocycles. The van der Waals surface area contributed by atoms with Gasteiger partial charge in [0.25, 0.3) is 0 Å². The Morgan fingerprint density at radius 3 is 2.29 bits per heavy atom. The lowest BCUT2D eigenvalue weighted by Gasteiger charge is -2.53.